The van der Waals surface area contributed by atoms with Crippen LogP contribution >= 0.6 is 0 Å². The number of esters is 1. The average Bonchev–Trinajstić information content (AvgIpc) is 2.38. The summed E-state index contributed by atoms with van der Waals surface area (Å²) in [6.07, 6.45) is -0.371. The lowest BCUT2D eigenvalue weighted by Gasteiger charge is -2.17. The van der Waals surface area contributed by atoms with Crippen molar-refractivity contribution < 1.29 is 24.5 Å². The molecule has 2 atom stereocenters. The predicted molar refractivity (Wildman–Crippen MR) is 71.6 cm³/mol. The normalized spacial score (nSPS) is 13.2. The van der Waals surface area contributed by atoms with E-state index in [0.29, 0.717) is 19.4 Å². The summed E-state index contributed by atoms with van der Waals surface area (Å²) in [4.78, 5) is 26.5. The van der Waals surface area contributed by atoms with Crippen LogP contribution in [0.3, 0.4) is 0 Å². The van der Waals surface area contributed by atoms with Crippen molar-refractivity contribution in [2.75, 3.05) is 19.8 Å². The van der Waals surface area contributed by atoms with Crippen LogP contribution in [-0.2, 0) is 14.3 Å². The molecule has 0 aliphatic rings. The summed E-state index contributed by atoms with van der Waals surface area (Å²) in [7, 11) is 0. The number of amides is 1. The van der Waals surface area contributed by atoms with E-state index in [-0.39, 0.29) is 18.5 Å². The minimum Gasteiger partial charge on any atom is -0.461 e. The first-order valence-corrected chi connectivity index (χ1v) is 6.14. The zero-order valence-electron chi connectivity index (χ0n) is 11.4. The van der Waals surface area contributed by atoms with Crippen LogP contribution in [0.1, 0.15) is 19.8 Å². The van der Waals surface area contributed by atoms with Crippen LogP contribution in [0.4, 0.5) is 0 Å². The standard InChI is InChI=1S/C11H22N4O5/c1-7(17)15-9(3-2-4-14-11(12)13)10(19)20-6-8(18)5-16/h8-9,16,18H,2-6H2,1H3,(H,15,17)(H4,12,13,14)/t8-,9+/m1/s1. The van der Waals surface area contributed by atoms with E-state index >= 15 is 0 Å². The highest BCUT2D eigenvalue weighted by molar-refractivity contribution is 5.83. The zero-order chi connectivity index (χ0) is 15.5. The summed E-state index contributed by atoms with van der Waals surface area (Å²) in [6, 6.07) is -0.840. The van der Waals surface area contributed by atoms with Crippen LogP contribution in [0, 0.1) is 0 Å². The molecule has 20 heavy (non-hydrogen) atoms. The molecule has 0 spiro atoms. The van der Waals surface area contributed by atoms with E-state index < -0.39 is 24.7 Å². The van der Waals surface area contributed by atoms with E-state index in [2.05, 4.69) is 10.3 Å². The fourth-order valence-corrected chi connectivity index (χ4v) is 1.33. The Morgan fingerprint density at radius 3 is 2.55 bits per heavy atom. The third kappa shape index (κ3) is 9.11. The number of nitrogens with two attached hydrogens (primary N) is 2. The van der Waals surface area contributed by atoms with Crippen LogP contribution < -0.4 is 16.8 Å². The Bertz CT molecular complexity index is 344. The van der Waals surface area contributed by atoms with Gasteiger partial charge in [0, 0.05) is 13.5 Å². The fraction of sp³-hybridized carbons (Fsp3) is 0.727. The van der Waals surface area contributed by atoms with Gasteiger partial charge in [-0.05, 0) is 12.8 Å². The number of rotatable bonds is 9. The van der Waals surface area contributed by atoms with Gasteiger partial charge in [-0.25, -0.2) is 4.79 Å². The summed E-state index contributed by atoms with van der Waals surface area (Å²) in [5, 5.41) is 20.1. The molecule has 0 fully saturated rings. The Hall–Kier alpha value is -1.87. The van der Waals surface area contributed by atoms with Gasteiger partial charge in [-0.2, -0.15) is 0 Å². The van der Waals surface area contributed by atoms with Crippen molar-refractivity contribution in [3.63, 3.8) is 0 Å². The maximum atomic E-state index is 11.7. The molecule has 0 radical (unpaired) electrons. The summed E-state index contributed by atoms with van der Waals surface area (Å²) >= 11 is 0. The van der Waals surface area contributed by atoms with Crippen molar-refractivity contribution in [1.82, 2.24) is 5.32 Å². The topological polar surface area (TPSA) is 160 Å². The molecule has 0 aromatic rings. The van der Waals surface area contributed by atoms with E-state index in [4.69, 9.17) is 26.4 Å². The Labute approximate surface area is 117 Å². The number of guanidine groups is 1. The van der Waals surface area contributed by atoms with Crippen molar-refractivity contribution >= 4 is 17.8 Å². The zero-order valence-corrected chi connectivity index (χ0v) is 11.4. The third-order valence-electron chi connectivity index (χ3n) is 2.24. The van der Waals surface area contributed by atoms with Crippen molar-refractivity contribution in [2.24, 2.45) is 16.5 Å². The van der Waals surface area contributed by atoms with Gasteiger partial charge in [0.1, 0.15) is 18.8 Å². The molecule has 116 valence electrons. The summed E-state index contributed by atoms with van der Waals surface area (Å²) in [6.45, 7) is 0.756. The van der Waals surface area contributed by atoms with Crippen molar-refractivity contribution in [2.45, 2.75) is 31.9 Å². The molecule has 0 unspecified atom stereocenters. The number of nitrogens with one attached hydrogen (secondary N) is 1. The number of hydrogen-bond acceptors (Lipinski definition) is 6. The molecule has 0 rings (SSSR count). The molecule has 0 aliphatic carbocycles. The van der Waals surface area contributed by atoms with Gasteiger partial charge in [-0.15, -0.1) is 0 Å². The lowest BCUT2D eigenvalue weighted by molar-refractivity contribution is -0.151. The van der Waals surface area contributed by atoms with Crippen molar-refractivity contribution in [3.05, 3.63) is 0 Å². The highest BCUT2D eigenvalue weighted by Crippen LogP contribution is 2.02. The maximum Gasteiger partial charge on any atom is 0.328 e. The van der Waals surface area contributed by atoms with Gasteiger partial charge in [0.25, 0.3) is 0 Å². The van der Waals surface area contributed by atoms with Crippen LogP contribution in [-0.4, -0.2) is 60.0 Å². The van der Waals surface area contributed by atoms with Crippen molar-refractivity contribution in [3.8, 4) is 0 Å². The number of aliphatic hydroxyl groups is 2. The Morgan fingerprint density at radius 1 is 1.40 bits per heavy atom. The van der Waals surface area contributed by atoms with E-state index in [9.17, 15) is 9.59 Å². The Kier molecular flexibility index (Phi) is 9.05. The van der Waals surface area contributed by atoms with Gasteiger partial charge < -0.3 is 31.7 Å². The second kappa shape index (κ2) is 9.98. The first-order chi connectivity index (χ1) is 9.36. The van der Waals surface area contributed by atoms with Gasteiger partial charge in [-0.1, -0.05) is 0 Å². The summed E-state index contributed by atoms with van der Waals surface area (Å²) < 4.78 is 4.79. The molecular formula is C11H22N4O5. The molecule has 0 bridgehead atoms. The van der Waals surface area contributed by atoms with Crippen molar-refractivity contribution in [1.29, 1.82) is 0 Å². The molecule has 0 heterocycles. The molecular weight excluding hydrogens is 268 g/mol. The molecule has 0 aromatic carbocycles. The largest absolute Gasteiger partial charge is 0.461 e. The molecule has 0 saturated carbocycles. The molecule has 0 aromatic heterocycles. The van der Waals surface area contributed by atoms with Crippen LogP contribution in [0.2, 0.25) is 0 Å². The minimum absolute atomic E-state index is 0.0466. The average molecular weight is 290 g/mol. The number of aliphatic hydroxyl groups excluding tert-OH is 2. The SMILES string of the molecule is CC(=O)N[C@@H](CCCN=C(N)N)C(=O)OC[C@H](O)CO. The van der Waals surface area contributed by atoms with E-state index in [0.717, 1.165) is 0 Å². The molecule has 7 N–H and O–H groups in total. The first-order valence-electron chi connectivity index (χ1n) is 6.14. The maximum absolute atomic E-state index is 11.7. The number of carbonyl (C=O) groups excluding carboxylic acids is 2. The number of hydrogen-bond donors (Lipinski definition) is 5. The monoisotopic (exact) mass is 290 g/mol. The van der Waals surface area contributed by atoms with Gasteiger partial charge in [-0.3, -0.25) is 9.79 Å². The predicted octanol–water partition coefficient (Wildman–Crippen LogP) is -2.56. The first kappa shape index (κ1) is 18.1. The number of ether oxygens (including phenoxy) is 1. The Balaban J connectivity index is 4.28. The van der Waals surface area contributed by atoms with E-state index in [1.54, 1.807) is 0 Å². The van der Waals surface area contributed by atoms with E-state index in [1.165, 1.54) is 6.92 Å². The molecule has 1 amide bonds. The number of carbonyl (C=O) groups is 2. The molecule has 0 saturated heterocycles. The Morgan fingerprint density at radius 2 is 2.05 bits per heavy atom. The van der Waals surface area contributed by atoms with Gasteiger partial charge >= 0.3 is 5.97 Å². The quantitative estimate of drug-likeness (QED) is 0.135. The van der Waals surface area contributed by atoms with Crippen LogP contribution in [0.25, 0.3) is 0 Å². The lowest BCUT2D eigenvalue weighted by atomic mass is 10.1. The molecule has 9 nitrogen and oxygen atoms in total. The van der Waals surface area contributed by atoms with Crippen LogP contribution in [0.5, 0.6) is 0 Å². The number of aliphatic imine (C=N–C) groups is 1. The lowest BCUT2D eigenvalue weighted by Crippen LogP contribution is -2.41. The highest BCUT2D eigenvalue weighted by Gasteiger charge is 2.21. The van der Waals surface area contributed by atoms with Crippen LogP contribution in [0.15, 0.2) is 4.99 Å². The van der Waals surface area contributed by atoms with Gasteiger partial charge in [0.15, 0.2) is 5.96 Å². The second-order valence-corrected chi connectivity index (χ2v) is 4.17. The van der Waals surface area contributed by atoms with E-state index in [1.807, 2.05) is 0 Å². The smallest absolute Gasteiger partial charge is 0.328 e. The second-order valence-electron chi connectivity index (χ2n) is 4.17. The molecule has 9 heteroatoms. The number of nitrogens with zero attached hydrogens (tertiary/aromatic N) is 1. The minimum atomic E-state index is -1.14. The third-order valence-corrected chi connectivity index (χ3v) is 2.24. The summed E-state index contributed by atoms with van der Waals surface area (Å²) in [5.74, 6) is -1.11. The highest BCUT2D eigenvalue weighted by atomic mass is 16.5. The molecule has 0 aliphatic heterocycles. The fourth-order valence-electron chi connectivity index (χ4n) is 1.33. The summed E-state index contributed by atoms with van der Waals surface area (Å²) in [5.41, 5.74) is 10.3. The van der Waals surface area contributed by atoms with Gasteiger partial charge in [0.2, 0.25) is 5.91 Å². The van der Waals surface area contributed by atoms with Gasteiger partial charge in [0.05, 0.1) is 6.61 Å².